The molecule has 0 bridgehead atoms. The minimum Gasteiger partial charge on any atom is -0.384 e. The van der Waals surface area contributed by atoms with Crippen molar-refractivity contribution in [2.45, 2.75) is 25.8 Å². The Kier molecular flexibility index (Phi) is 4.90. The number of carbonyl (C=O) groups excluding carboxylic acids is 1. The van der Waals surface area contributed by atoms with Gasteiger partial charge >= 0.3 is 0 Å². The number of nitrogens with one attached hydrogen (secondary N) is 2. The molecule has 0 aliphatic carbocycles. The van der Waals surface area contributed by atoms with Crippen molar-refractivity contribution in [3.63, 3.8) is 0 Å². The van der Waals surface area contributed by atoms with Gasteiger partial charge in [-0.15, -0.1) is 0 Å². The van der Waals surface area contributed by atoms with Crippen LogP contribution in [0.1, 0.15) is 19.8 Å². The van der Waals surface area contributed by atoms with E-state index in [1.165, 1.54) is 0 Å². The largest absolute Gasteiger partial charge is 0.384 e. The SMILES string of the molecule is COCC(C)CNC1CCC(=O)NC1. The molecule has 0 spiro atoms. The number of amides is 1. The van der Waals surface area contributed by atoms with E-state index in [2.05, 4.69) is 17.6 Å². The maximum absolute atomic E-state index is 10.9. The summed E-state index contributed by atoms with van der Waals surface area (Å²) >= 11 is 0. The lowest BCUT2D eigenvalue weighted by atomic mass is 10.1. The fraction of sp³-hybridized carbons (Fsp3) is 0.900. The highest BCUT2D eigenvalue weighted by atomic mass is 16.5. The van der Waals surface area contributed by atoms with Crippen LogP contribution in [0.2, 0.25) is 0 Å². The smallest absolute Gasteiger partial charge is 0.220 e. The predicted octanol–water partition coefficient (Wildman–Crippen LogP) is 0.137. The molecule has 2 N–H and O–H groups in total. The van der Waals surface area contributed by atoms with Gasteiger partial charge in [0, 0.05) is 39.3 Å². The molecule has 4 nitrogen and oxygen atoms in total. The zero-order valence-electron chi connectivity index (χ0n) is 9.01. The number of ether oxygens (including phenoxy) is 1. The molecule has 2 unspecified atom stereocenters. The van der Waals surface area contributed by atoms with E-state index in [4.69, 9.17) is 4.74 Å². The number of piperidine rings is 1. The summed E-state index contributed by atoms with van der Waals surface area (Å²) in [5, 5.41) is 6.29. The topological polar surface area (TPSA) is 50.4 Å². The Morgan fingerprint density at radius 3 is 3.07 bits per heavy atom. The second-order valence-electron chi connectivity index (χ2n) is 4.01. The fourth-order valence-corrected chi connectivity index (χ4v) is 1.62. The summed E-state index contributed by atoms with van der Waals surface area (Å²) < 4.78 is 5.05. The van der Waals surface area contributed by atoms with Gasteiger partial charge in [0.2, 0.25) is 5.91 Å². The molecule has 82 valence electrons. The van der Waals surface area contributed by atoms with E-state index in [0.717, 1.165) is 26.1 Å². The van der Waals surface area contributed by atoms with E-state index in [-0.39, 0.29) is 5.91 Å². The van der Waals surface area contributed by atoms with Crippen LogP contribution in [0.25, 0.3) is 0 Å². The van der Waals surface area contributed by atoms with Crippen LogP contribution in [0.4, 0.5) is 0 Å². The molecule has 1 aliphatic rings. The van der Waals surface area contributed by atoms with Gasteiger partial charge in [0.05, 0.1) is 0 Å². The third kappa shape index (κ3) is 4.07. The van der Waals surface area contributed by atoms with Gasteiger partial charge in [-0.2, -0.15) is 0 Å². The van der Waals surface area contributed by atoms with Crippen LogP contribution in [-0.2, 0) is 9.53 Å². The Morgan fingerprint density at radius 1 is 1.71 bits per heavy atom. The number of hydrogen-bond donors (Lipinski definition) is 2. The average molecular weight is 200 g/mol. The minimum absolute atomic E-state index is 0.174. The van der Waals surface area contributed by atoms with Crippen molar-refractivity contribution in [2.75, 3.05) is 26.8 Å². The summed E-state index contributed by atoms with van der Waals surface area (Å²) in [5.74, 6) is 0.700. The summed E-state index contributed by atoms with van der Waals surface area (Å²) in [6, 6.07) is 0.437. The normalized spacial score (nSPS) is 24.4. The van der Waals surface area contributed by atoms with Crippen LogP contribution in [0.3, 0.4) is 0 Å². The molecule has 1 aliphatic heterocycles. The van der Waals surface area contributed by atoms with Gasteiger partial charge in [0.25, 0.3) is 0 Å². The highest BCUT2D eigenvalue weighted by Gasteiger charge is 2.17. The highest BCUT2D eigenvalue weighted by molar-refractivity contribution is 5.76. The molecule has 2 atom stereocenters. The summed E-state index contributed by atoms with van der Waals surface area (Å²) in [4.78, 5) is 10.9. The van der Waals surface area contributed by atoms with Crippen LogP contribution in [-0.4, -0.2) is 38.8 Å². The average Bonchev–Trinajstić information content (AvgIpc) is 2.17. The zero-order chi connectivity index (χ0) is 10.4. The number of carbonyl (C=O) groups is 1. The van der Waals surface area contributed by atoms with Crippen molar-refractivity contribution in [2.24, 2.45) is 5.92 Å². The van der Waals surface area contributed by atoms with Crippen molar-refractivity contribution in [1.82, 2.24) is 10.6 Å². The number of methoxy groups -OCH3 is 1. The monoisotopic (exact) mass is 200 g/mol. The molecule has 0 aromatic heterocycles. The van der Waals surface area contributed by atoms with Gasteiger partial charge in [-0.3, -0.25) is 4.79 Å². The molecule has 1 saturated heterocycles. The number of hydrogen-bond acceptors (Lipinski definition) is 3. The highest BCUT2D eigenvalue weighted by Crippen LogP contribution is 2.03. The van der Waals surface area contributed by atoms with Crippen molar-refractivity contribution in [3.05, 3.63) is 0 Å². The lowest BCUT2D eigenvalue weighted by Crippen LogP contribution is -2.47. The fourth-order valence-electron chi connectivity index (χ4n) is 1.62. The summed E-state index contributed by atoms with van der Waals surface area (Å²) in [7, 11) is 1.72. The summed E-state index contributed by atoms with van der Waals surface area (Å²) in [5.41, 5.74) is 0. The molecule has 1 fully saturated rings. The molecule has 4 heteroatoms. The number of rotatable bonds is 5. The third-order valence-electron chi connectivity index (χ3n) is 2.47. The van der Waals surface area contributed by atoms with E-state index in [1.807, 2.05) is 0 Å². The molecular weight excluding hydrogens is 180 g/mol. The predicted molar refractivity (Wildman–Crippen MR) is 55.1 cm³/mol. The van der Waals surface area contributed by atoms with E-state index in [0.29, 0.717) is 18.4 Å². The van der Waals surface area contributed by atoms with Gasteiger partial charge in [0.15, 0.2) is 0 Å². The van der Waals surface area contributed by atoms with E-state index >= 15 is 0 Å². The Balaban J connectivity index is 2.09. The van der Waals surface area contributed by atoms with Crippen molar-refractivity contribution >= 4 is 5.91 Å². The molecule has 1 rings (SSSR count). The van der Waals surface area contributed by atoms with Crippen molar-refractivity contribution in [1.29, 1.82) is 0 Å². The molecule has 14 heavy (non-hydrogen) atoms. The Labute approximate surface area is 85.4 Å². The van der Waals surface area contributed by atoms with E-state index in [1.54, 1.807) is 7.11 Å². The van der Waals surface area contributed by atoms with Crippen LogP contribution >= 0.6 is 0 Å². The molecule has 0 saturated carbocycles. The quantitative estimate of drug-likeness (QED) is 0.663. The third-order valence-corrected chi connectivity index (χ3v) is 2.47. The van der Waals surface area contributed by atoms with Gasteiger partial charge in [-0.05, 0) is 12.3 Å². The molecule has 0 aromatic rings. The molecule has 1 amide bonds. The first-order chi connectivity index (χ1) is 6.72. The first kappa shape index (κ1) is 11.5. The van der Waals surface area contributed by atoms with Gasteiger partial charge < -0.3 is 15.4 Å². The van der Waals surface area contributed by atoms with Crippen molar-refractivity contribution < 1.29 is 9.53 Å². The van der Waals surface area contributed by atoms with Gasteiger partial charge in [-0.25, -0.2) is 0 Å². The van der Waals surface area contributed by atoms with Crippen LogP contribution < -0.4 is 10.6 Å². The van der Waals surface area contributed by atoms with Crippen LogP contribution in [0.15, 0.2) is 0 Å². The molecule has 0 aromatic carbocycles. The first-order valence-corrected chi connectivity index (χ1v) is 5.21. The molecule has 1 heterocycles. The molecule has 0 radical (unpaired) electrons. The maximum atomic E-state index is 10.9. The lowest BCUT2D eigenvalue weighted by molar-refractivity contribution is -0.122. The van der Waals surface area contributed by atoms with Crippen LogP contribution in [0, 0.1) is 5.92 Å². The van der Waals surface area contributed by atoms with Gasteiger partial charge in [-0.1, -0.05) is 6.92 Å². The summed E-state index contributed by atoms with van der Waals surface area (Å²) in [6.45, 7) is 4.65. The standard InChI is InChI=1S/C10H20N2O2/c1-8(7-14-2)5-11-9-3-4-10(13)12-6-9/h8-9,11H,3-7H2,1-2H3,(H,12,13). The lowest BCUT2D eigenvalue weighted by Gasteiger charge is -2.24. The summed E-state index contributed by atoms with van der Waals surface area (Å²) in [6.07, 6.45) is 1.60. The van der Waals surface area contributed by atoms with Crippen LogP contribution in [0.5, 0.6) is 0 Å². The van der Waals surface area contributed by atoms with E-state index < -0.39 is 0 Å². The first-order valence-electron chi connectivity index (χ1n) is 5.21. The Hall–Kier alpha value is -0.610. The zero-order valence-corrected chi connectivity index (χ0v) is 9.01. The second kappa shape index (κ2) is 5.98. The second-order valence-corrected chi connectivity index (χ2v) is 4.01. The maximum Gasteiger partial charge on any atom is 0.220 e. The Morgan fingerprint density at radius 2 is 2.50 bits per heavy atom. The van der Waals surface area contributed by atoms with Crippen molar-refractivity contribution in [3.8, 4) is 0 Å². The van der Waals surface area contributed by atoms with E-state index in [9.17, 15) is 4.79 Å². The van der Waals surface area contributed by atoms with Gasteiger partial charge in [0.1, 0.15) is 0 Å². The minimum atomic E-state index is 0.174. The Bertz CT molecular complexity index is 175. The molecular formula is C10H20N2O2.